The van der Waals surface area contributed by atoms with Crippen molar-refractivity contribution >= 4 is 18.0 Å². The van der Waals surface area contributed by atoms with Crippen LogP contribution in [0.3, 0.4) is 0 Å². The number of benzene rings is 2. The summed E-state index contributed by atoms with van der Waals surface area (Å²) in [5.41, 5.74) is 1.62. The van der Waals surface area contributed by atoms with Crippen LogP contribution < -0.4 is 10.6 Å². The van der Waals surface area contributed by atoms with E-state index in [-0.39, 0.29) is 32.0 Å². The first-order valence-electron chi connectivity index (χ1n) is 16.1. The van der Waals surface area contributed by atoms with E-state index in [0.717, 1.165) is 11.1 Å². The van der Waals surface area contributed by atoms with Gasteiger partial charge in [0.05, 0.1) is 6.61 Å². The number of hydrogen-bond acceptors (Lipinski definition) is 10. The van der Waals surface area contributed by atoms with Crippen LogP contribution in [0, 0.1) is 5.92 Å². The van der Waals surface area contributed by atoms with Crippen molar-refractivity contribution in [3.8, 4) is 0 Å². The maximum atomic E-state index is 13.9. The van der Waals surface area contributed by atoms with Gasteiger partial charge in [-0.25, -0.2) is 9.59 Å². The molecule has 47 heavy (non-hydrogen) atoms. The van der Waals surface area contributed by atoms with Crippen molar-refractivity contribution in [3.63, 3.8) is 0 Å². The molecule has 0 radical (unpaired) electrons. The Bertz CT molecular complexity index is 1370. The Labute approximate surface area is 275 Å². The number of amides is 2. The van der Waals surface area contributed by atoms with Crippen molar-refractivity contribution in [1.82, 2.24) is 10.6 Å². The summed E-state index contributed by atoms with van der Waals surface area (Å²) in [6, 6.07) is 16.4. The number of rotatable bonds is 12. The van der Waals surface area contributed by atoms with E-state index in [1.807, 2.05) is 74.5 Å². The molecule has 3 aliphatic rings. The molecule has 12 nitrogen and oxygen atoms in total. The molecule has 3 heterocycles. The van der Waals surface area contributed by atoms with Crippen LogP contribution in [0.1, 0.15) is 59.1 Å². The molecule has 5 rings (SSSR count). The van der Waals surface area contributed by atoms with Crippen molar-refractivity contribution in [2.45, 2.75) is 115 Å². The molecule has 0 spiro atoms. The van der Waals surface area contributed by atoms with E-state index < -0.39 is 72.3 Å². The molecule has 7 atom stereocenters. The van der Waals surface area contributed by atoms with Gasteiger partial charge in [0, 0.05) is 6.42 Å². The second-order valence-electron chi connectivity index (χ2n) is 13.5. The van der Waals surface area contributed by atoms with Crippen LogP contribution in [0.5, 0.6) is 0 Å². The van der Waals surface area contributed by atoms with E-state index in [9.17, 15) is 14.4 Å². The predicted octanol–water partition coefficient (Wildman–Crippen LogP) is 3.99. The number of hydrogen-bond donors (Lipinski definition) is 2. The van der Waals surface area contributed by atoms with Crippen molar-refractivity contribution in [2.75, 3.05) is 6.61 Å². The van der Waals surface area contributed by atoms with Gasteiger partial charge in [-0.15, -0.1) is 0 Å². The van der Waals surface area contributed by atoms with Gasteiger partial charge in [-0.2, -0.15) is 0 Å². The summed E-state index contributed by atoms with van der Waals surface area (Å²) in [5, 5.41) is 5.53. The molecule has 0 saturated carbocycles. The second kappa shape index (κ2) is 14.7. The molecule has 2 N–H and O–H groups in total. The van der Waals surface area contributed by atoms with Gasteiger partial charge in [0.1, 0.15) is 30.9 Å². The second-order valence-corrected chi connectivity index (χ2v) is 13.5. The smallest absolute Gasteiger partial charge is 0.408 e. The first-order valence-corrected chi connectivity index (χ1v) is 16.1. The summed E-state index contributed by atoms with van der Waals surface area (Å²) in [4.78, 5) is 40.6. The van der Waals surface area contributed by atoms with Crippen LogP contribution >= 0.6 is 0 Å². The number of carbonyl (C=O) groups excluding carboxylic acids is 3. The molecule has 2 aromatic carbocycles. The molecule has 0 bridgehead atoms. The molecule has 0 unspecified atom stereocenters. The average molecular weight is 655 g/mol. The zero-order valence-corrected chi connectivity index (χ0v) is 27.8. The van der Waals surface area contributed by atoms with Gasteiger partial charge >= 0.3 is 12.1 Å². The fourth-order valence-electron chi connectivity index (χ4n) is 5.96. The fourth-order valence-corrected chi connectivity index (χ4v) is 5.96. The van der Waals surface area contributed by atoms with Crippen LogP contribution in [0.4, 0.5) is 4.79 Å². The van der Waals surface area contributed by atoms with E-state index >= 15 is 0 Å². The lowest BCUT2D eigenvalue weighted by atomic mass is 10.0. The summed E-state index contributed by atoms with van der Waals surface area (Å²) >= 11 is 0. The highest BCUT2D eigenvalue weighted by Gasteiger charge is 2.60. The lowest BCUT2D eigenvalue weighted by Crippen LogP contribution is -2.54. The summed E-state index contributed by atoms with van der Waals surface area (Å²) in [5.74, 6) is -2.99. The summed E-state index contributed by atoms with van der Waals surface area (Å²) in [6.45, 7) is 11.3. The number of alkyl carbamates (subject to hydrolysis) is 1. The normalized spacial score (nSPS) is 27.1. The van der Waals surface area contributed by atoms with Gasteiger partial charge in [-0.05, 0) is 51.2 Å². The minimum atomic E-state index is -1.03. The first-order chi connectivity index (χ1) is 22.3. The van der Waals surface area contributed by atoms with E-state index in [0.29, 0.717) is 0 Å². The summed E-state index contributed by atoms with van der Waals surface area (Å²) in [6.07, 6.45) is -3.95. The van der Waals surface area contributed by atoms with Gasteiger partial charge in [0.2, 0.25) is 5.91 Å². The van der Waals surface area contributed by atoms with Gasteiger partial charge in [-0.3, -0.25) is 4.79 Å². The highest BCUT2D eigenvalue weighted by atomic mass is 16.8. The first kappa shape index (κ1) is 34.8. The highest BCUT2D eigenvalue weighted by Crippen LogP contribution is 2.42. The Morgan fingerprint density at radius 3 is 2.11 bits per heavy atom. The third kappa shape index (κ3) is 9.29. The van der Waals surface area contributed by atoms with Crippen molar-refractivity contribution in [3.05, 3.63) is 71.8 Å². The maximum absolute atomic E-state index is 13.9. The minimum absolute atomic E-state index is 0.0185. The van der Waals surface area contributed by atoms with E-state index in [2.05, 4.69) is 10.6 Å². The average Bonchev–Trinajstić information content (AvgIpc) is 3.64. The van der Waals surface area contributed by atoms with Crippen LogP contribution in [0.25, 0.3) is 0 Å². The zero-order valence-electron chi connectivity index (χ0n) is 27.8. The minimum Gasteiger partial charge on any atom is -0.455 e. The molecular weight excluding hydrogens is 608 g/mol. The van der Waals surface area contributed by atoms with Crippen molar-refractivity contribution < 1.29 is 47.5 Å². The largest absolute Gasteiger partial charge is 0.455 e. The Morgan fingerprint density at radius 2 is 1.49 bits per heavy atom. The van der Waals surface area contributed by atoms with Crippen LogP contribution in [-0.2, 0) is 55.8 Å². The van der Waals surface area contributed by atoms with Crippen LogP contribution in [0.15, 0.2) is 60.7 Å². The third-order valence-electron chi connectivity index (χ3n) is 8.09. The van der Waals surface area contributed by atoms with E-state index in [1.54, 1.807) is 27.7 Å². The van der Waals surface area contributed by atoms with Gasteiger partial charge in [0.15, 0.2) is 30.1 Å². The summed E-state index contributed by atoms with van der Waals surface area (Å²) in [7, 11) is 0. The number of esters is 1. The lowest BCUT2D eigenvalue weighted by molar-refractivity contribution is -0.235. The molecule has 3 aliphatic heterocycles. The zero-order chi connectivity index (χ0) is 33.8. The standard InChI is InChI=1S/C35H46N2O10/c1-21(2)17-25(31(39)43-28-27(26-20-42-34(3,4)45-26)44-32-29(28)46-35(5,6)47-32)36-30(38)24(18-22-13-9-7-10-14-22)37-33(40)41-19-23-15-11-8-12-16-23/h7-16,21,24-29,32H,17-20H2,1-6H3,(H,36,38)(H,37,40)/t24-,25-,26-,27-,28-,29+,32+/m1/s1. The van der Waals surface area contributed by atoms with Gasteiger partial charge in [-0.1, -0.05) is 74.5 Å². The Kier molecular flexibility index (Phi) is 10.9. The number of nitrogens with one attached hydrogen (secondary N) is 2. The topological polar surface area (TPSA) is 140 Å². The molecule has 2 amide bonds. The highest BCUT2D eigenvalue weighted by molar-refractivity contribution is 5.90. The van der Waals surface area contributed by atoms with Crippen molar-refractivity contribution in [1.29, 1.82) is 0 Å². The molecule has 3 fully saturated rings. The molecule has 2 aromatic rings. The quantitative estimate of drug-likeness (QED) is 0.323. The number of carbonyl (C=O) groups is 3. The molecule has 0 aromatic heterocycles. The van der Waals surface area contributed by atoms with E-state index in [1.165, 1.54) is 0 Å². The predicted molar refractivity (Wildman–Crippen MR) is 169 cm³/mol. The monoisotopic (exact) mass is 654 g/mol. The molecule has 3 saturated heterocycles. The number of fused-ring (bicyclic) bond motifs is 1. The molecule has 0 aliphatic carbocycles. The molecule has 12 heteroatoms. The third-order valence-corrected chi connectivity index (χ3v) is 8.09. The molecule has 256 valence electrons. The SMILES string of the molecule is CC(C)C[C@@H](NC(=O)[C@@H](Cc1ccccc1)NC(=O)OCc1ccccc1)C(=O)O[C@H]1[C@@H]2OC(C)(C)O[C@@H]2O[C@@H]1[C@H]1COC(C)(C)O1. The summed E-state index contributed by atoms with van der Waals surface area (Å²) < 4.78 is 41.5. The number of ether oxygens (including phenoxy) is 7. The van der Waals surface area contributed by atoms with E-state index in [4.69, 9.17) is 33.2 Å². The van der Waals surface area contributed by atoms with Crippen LogP contribution in [-0.4, -0.2) is 78.9 Å². The van der Waals surface area contributed by atoms with Crippen molar-refractivity contribution in [2.24, 2.45) is 5.92 Å². The Morgan fingerprint density at radius 1 is 0.830 bits per heavy atom. The van der Waals surface area contributed by atoms with Crippen LogP contribution in [0.2, 0.25) is 0 Å². The van der Waals surface area contributed by atoms with Gasteiger partial charge in [0.25, 0.3) is 0 Å². The molecular formula is C35H46N2O10. The Hall–Kier alpha value is -3.55. The Balaban J connectivity index is 1.30. The maximum Gasteiger partial charge on any atom is 0.408 e. The van der Waals surface area contributed by atoms with Gasteiger partial charge < -0.3 is 43.8 Å². The lowest BCUT2D eigenvalue weighted by Gasteiger charge is -2.30. The fraction of sp³-hybridized carbons (Fsp3) is 0.571.